The van der Waals surface area contributed by atoms with Crippen LogP contribution < -0.4 is 5.32 Å². The highest BCUT2D eigenvalue weighted by molar-refractivity contribution is 5.85. The zero-order chi connectivity index (χ0) is 12.3. The first-order valence-corrected chi connectivity index (χ1v) is 5.94. The average Bonchev–Trinajstić information content (AvgIpc) is 2.87. The summed E-state index contributed by atoms with van der Waals surface area (Å²) >= 11 is 0. The summed E-state index contributed by atoms with van der Waals surface area (Å²) in [6.45, 7) is 5.97. The van der Waals surface area contributed by atoms with Crippen molar-refractivity contribution in [3.05, 3.63) is 29.8 Å². The smallest absolute Gasteiger partial charge is 0.0758 e. The molecule has 6 heteroatoms. The molecule has 0 bridgehead atoms. The van der Waals surface area contributed by atoms with Crippen LogP contribution in [-0.4, -0.2) is 19.6 Å². The molecule has 0 spiro atoms. The summed E-state index contributed by atoms with van der Waals surface area (Å²) in [6, 6.07) is 0. The number of hydrogen-bond donors (Lipinski definition) is 1. The number of aryl methyl sites for hydroxylation is 2. The number of rotatable bonds is 5. The van der Waals surface area contributed by atoms with Crippen molar-refractivity contribution < 1.29 is 0 Å². The number of nitrogens with one attached hydrogen (secondary N) is 1. The number of hydrogen-bond acceptors (Lipinski definition) is 3. The molecule has 2 aromatic rings. The molecule has 0 saturated carbocycles. The summed E-state index contributed by atoms with van der Waals surface area (Å²) in [6.07, 6.45) is 6.96. The molecule has 5 nitrogen and oxygen atoms in total. The molecule has 2 aromatic heterocycles. The third kappa shape index (κ3) is 3.26. The van der Waals surface area contributed by atoms with Crippen LogP contribution in [0.25, 0.3) is 0 Å². The fraction of sp³-hybridized carbons (Fsp3) is 0.500. The Hall–Kier alpha value is -1.49. The van der Waals surface area contributed by atoms with Gasteiger partial charge in [0.25, 0.3) is 0 Å². The molecule has 0 unspecified atom stereocenters. The van der Waals surface area contributed by atoms with E-state index in [-0.39, 0.29) is 12.4 Å². The van der Waals surface area contributed by atoms with E-state index in [2.05, 4.69) is 35.6 Å². The number of halogens is 1. The molecule has 0 fully saturated rings. The quantitative estimate of drug-likeness (QED) is 0.907. The minimum atomic E-state index is 0. The summed E-state index contributed by atoms with van der Waals surface area (Å²) in [4.78, 5) is 0. The maximum absolute atomic E-state index is 4.30. The first-order chi connectivity index (χ1) is 8.20. The van der Waals surface area contributed by atoms with Crippen molar-refractivity contribution in [1.29, 1.82) is 0 Å². The van der Waals surface area contributed by atoms with Gasteiger partial charge in [-0.25, -0.2) is 0 Å². The lowest BCUT2D eigenvalue weighted by atomic mass is 10.3. The molecule has 0 atom stereocenters. The van der Waals surface area contributed by atoms with Crippen molar-refractivity contribution in [2.24, 2.45) is 7.05 Å². The minimum absolute atomic E-state index is 0. The maximum Gasteiger partial charge on any atom is 0.0758 e. The SMILES string of the molecule is CCCn1cc(CNc2cnn(C)c2C)cn1.Cl. The van der Waals surface area contributed by atoms with Crippen LogP contribution >= 0.6 is 12.4 Å². The van der Waals surface area contributed by atoms with E-state index >= 15 is 0 Å². The molecule has 0 radical (unpaired) electrons. The van der Waals surface area contributed by atoms with Crippen molar-refractivity contribution in [3.63, 3.8) is 0 Å². The van der Waals surface area contributed by atoms with Gasteiger partial charge >= 0.3 is 0 Å². The zero-order valence-corrected chi connectivity index (χ0v) is 11.9. The van der Waals surface area contributed by atoms with Gasteiger partial charge in [0.1, 0.15) is 0 Å². The lowest BCUT2D eigenvalue weighted by Gasteiger charge is -2.03. The second kappa shape index (κ2) is 6.44. The van der Waals surface area contributed by atoms with Gasteiger partial charge in [-0.05, 0) is 13.3 Å². The van der Waals surface area contributed by atoms with Crippen LogP contribution in [0.1, 0.15) is 24.6 Å². The Kier molecular flexibility index (Phi) is 5.22. The van der Waals surface area contributed by atoms with Crippen LogP contribution in [0.5, 0.6) is 0 Å². The highest BCUT2D eigenvalue weighted by Crippen LogP contribution is 2.13. The van der Waals surface area contributed by atoms with E-state index in [1.165, 1.54) is 5.56 Å². The third-order valence-electron chi connectivity index (χ3n) is 2.86. The standard InChI is InChI=1S/C12H19N5.ClH/c1-4-5-17-9-11(7-15-17)6-13-12-8-14-16(3)10(12)2;/h7-9,13H,4-6H2,1-3H3;1H. The Labute approximate surface area is 114 Å². The molecule has 0 amide bonds. The lowest BCUT2D eigenvalue weighted by Crippen LogP contribution is -2.00. The summed E-state index contributed by atoms with van der Waals surface area (Å²) in [5.74, 6) is 0. The molecule has 0 saturated heterocycles. The Morgan fingerprint density at radius 3 is 2.67 bits per heavy atom. The highest BCUT2D eigenvalue weighted by atomic mass is 35.5. The topological polar surface area (TPSA) is 47.7 Å². The number of nitrogens with zero attached hydrogens (tertiary/aromatic N) is 4. The van der Waals surface area contributed by atoms with Gasteiger partial charge in [0.15, 0.2) is 0 Å². The van der Waals surface area contributed by atoms with Crippen LogP contribution in [-0.2, 0) is 20.1 Å². The Balaban J connectivity index is 0.00000162. The van der Waals surface area contributed by atoms with Gasteiger partial charge in [0, 0.05) is 31.9 Å². The highest BCUT2D eigenvalue weighted by Gasteiger charge is 2.03. The molecular weight excluding hydrogens is 250 g/mol. The van der Waals surface area contributed by atoms with Crippen molar-refractivity contribution in [3.8, 4) is 0 Å². The van der Waals surface area contributed by atoms with E-state index in [1.54, 1.807) is 0 Å². The third-order valence-corrected chi connectivity index (χ3v) is 2.86. The van der Waals surface area contributed by atoms with Crippen LogP contribution in [0.4, 0.5) is 5.69 Å². The summed E-state index contributed by atoms with van der Waals surface area (Å²) < 4.78 is 3.84. The van der Waals surface area contributed by atoms with Gasteiger partial charge in [-0.3, -0.25) is 9.36 Å². The van der Waals surface area contributed by atoms with E-state index < -0.39 is 0 Å². The Morgan fingerprint density at radius 2 is 2.06 bits per heavy atom. The molecule has 0 aliphatic carbocycles. The van der Waals surface area contributed by atoms with E-state index in [0.29, 0.717) is 0 Å². The fourth-order valence-electron chi connectivity index (χ4n) is 1.72. The number of aromatic nitrogens is 4. The Morgan fingerprint density at radius 1 is 1.28 bits per heavy atom. The van der Waals surface area contributed by atoms with E-state index in [9.17, 15) is 0 Å². The van der Waals surface area contributed by atoms with Gasteiger partial charge in [-0.2, -0.15) is 10.2 Å². The molecule has 2 rings (SSSR count). The monoisotopic (exact) mass is 269 g/mol. The van der Waals surface area contributed by atoms with Crippen LogP contribution in [0.3, 0.4) is 0 Å². The first kappa shape index (κ1) is 14.6. The molecule has 2 heterocycles. The van der Waals surface area contributed by atoms with Crippen LogP contribution in [0.15, 0.2) is 18.6 Å². The van der Waals surface area contributed by atoms with E-state index in [0.717, 1.165) is 30.9 Å². The largest absolute Gasteiger partial charge is 0.378 e. The van der Waals surface area contributed by atoms with Crippen LogP contribution in [0.2, 0.25) is 0 Å². The minimum Gasteiger partial charge on any atom is -0.378 e. The molecule has 0 aliphatic heterocycles. The molecule has 18 heavy (non-hydrogen) atoms. The summed E-state index contributed by atoms with van der Waals surface area (Å²) in [5, 5.41) is 11.9. The van der Waals surface area contributed by atoms with Crippen molar-refractivity contribution in [2.45, 2.75) is 33.4 Å². The Bertz CT molecular complexity index is 488. The summed E-state index contributed by atoms with van der Waals surface area (Å²) in [5.41, 5.74) is 3.42. The second-order valence-corrected chi connectivity index (χ2v) is 4.23. The molecular formula is C12H20ClN5. The predicted octanol–water partition coefficient (Wildman–Crippen LogP) is 2.37. The normalized spacial score (nSPS) is 10.2. The maximum atomic E-state index is 4.30. The van der Waals surface area contributed by atoms with Crippen LogP contribution in [0, 0.1) is 6.92 Å². The molecule has 100 valence electrons. The zero-order valence-electron chi connectivity index (χ0n) is 11.1. The van der Waals surface area contributed by atoms with Gasteiger partial charge in [0.2, 0.25) is 0 Å². The first-order valence-electron chi connectivity index (χ1n) is 5.94. The van der Waals surface area contributed by atoms with Gasteiger partial charge in [-0.15, -0.1) is 12.4 Å². The molecule has 1 N–H and O–H groups in total. The van der Waals surface area contributed by atoms with Crippen molar-refractivity contribution in [2.75, 3.05) is 5.32 Å². The second-order valence-electron chi connectivity index (χ2n) is 4.23. The van der Waals surface area contributed by atoms with Crippen molar-refractivity contribution >= 4 is 18.1 Å². The van der Waals surface area contributed by atoms with Gasteiger partial charge < -0.3 is 5.32 Å². The van der Waals surface area contributed by atoms with E-state index in [4.69, 9.17) is 0 Å². The number of anilines is 1. The summed E-state index contributed by atoms with van der Waals surface area (Å²) in [7, 11) is 1.94. The fourth-order valence-corrected chi connectivity index (χ4v) is 1.72. The predicted molar refractivity (Wildman–Crippen MR) is 75.0 cm³/mol. The molecule has 0 aliphatic rings. The average molecular weight is 270 g/mol. The van der Waals surface area contributed by atoms with Gasteiger partial charge in [-0.1, -0.05) is 6.92 Å². The van der Waals surface area contributed by atoms with Crippen molar-refractivity contribution in [1.82, 2.24) is 19.6 Å². The molecule has 0 aromatic carbocycles. The van der Waals surface area contributed by atoms with E-state index in [1.807, 2.05) is 28.8 Å². The lowest BCUT2D eigenvalue weighted by molar-refractivity contribution is 0.602. The van der Waals surface area contributed by atoms with Gasteiger partial charge in [0.05, 0.1) is 23.8 Å².